The van der Waals surface area contributed by atoms with E-state index in [-0.39, 0.29) is 23.8 Å². The first-order valence-electron chi connectivity index (χ1n) is 13.5. The van der Waals surface area contributed by atoms with Crippen LogP contribution < -0.4 is 15.8 Å². The van der Waals surface area contributed by atoms with Gasteiger partial charge in [-0.15, -0.1) is 11.3 Å². The van der Waals surface area contributed by atoms with Crippen molar-refractivity contribution in [3.05, 3.63) is 47.6 Å². The third-order valence-electron chi connectivity index (χ3n) is 8.00. The molecule has 1 saturated carbocycles. The van der Waals surface area contributed by atoms with E-state index in [1.54, 1.807) is 25.6 Å². The maximum Gasteiger partial charge on any atom is 0.257 e. The SMILES string of the molecule is COc1cc(-c2cncc(-c3cc(NC(=O)C(N)C4CCC4)cs3)n2)ccc1C(=O)N(C)C1CCN(C)CC1. The second kappa shape index (κ2) is 11.8. The summed E-state index contributed by atoms with van der Waals surface area (Å²) in [6.45, 7) is 1.97. The van der Waals surface area contributed by atoms with E-state index in [0.29, 0.717) is 28.4 Å². The summed E-state index contributed by atoms with van der Waals surface area (Å²) in [5, 5.41) is 4.83. The molecule has 1 aliphatic heterocycles. The minimum Gasteiger partial charge on any atom is -0.496 e. The largest absolute Gasteiger partial charge is 0.496 e. The highest BCUT2D eigenvalue weighted by atomic mass is 32.1. The van der Waals surface area contributed by atoms with E-state index < -0.39 is 6.04 Å². The van der Waals surface area contributed by atoms with Gasteiger partial charge in [0, 0.05) is 24.0 Å². The molecule has 3 N–H and O–H groups in total. The van der Waals surface area contributed by atoms with Crippen molar-refractivity contribution in [2.75, 3.05) is 39.6 Å². The van der Waals surface area contributed by atoms with Crippen LogP contribution in [0.15, 0.2) is 42.0 Å². The van der Waals surface area contributed by atoms with Gasteiger partial charge in [0.15, 0.2) is 0 Å². The minimum absolute atomic E-state index is 0.0435. The quantitative estimate of drug-likeness (QED) is 0.435. The van der Waals surface area contributed by atoms with Crippen LogP contribution >= 0.6 is 11.3 Å². The number of piperidine rings is 1. The summed E-state index contributed by atoms with van der Waals surface area (Å²) < 4.78 is 5.63. The molecule has 2 aliphatic rings. The first kappa shape index (κ1) is 27.2. The van der Waals surface area contributed by atoms with E-state index in [9.17, 15) is 9.59 Å². The third kappa shape index (κ3) is 5.98. The number of hydrogen-bond acceptors (Lipinski definition) is 8. The average Bonchev–Trinajstić information content (AvgIpc) is 3.40. The van der Waals surface area contributed by atoms with Crippen molar-refractivity contribution < 1.29 is 14.3 Å². The van der Waals surface area contributed by atoms with Gasteiger partial charge < -0.3 is 25.6 Å². The molecule has 0 spiro atoms. The molecule has 1 atom stereocenters. The molecule has 0 bridgehead atoms. The number of nitrogens with zero attached hydrogens (tertiary/aromatic N) is 4. The van der Waals surface area contributed by atoms with Crippen LogP contribution in [-0.2, 0) is 4.79 Å². The standard InChI is InChI=1S/C29H36N6O3S/c1-34-11-9-21(10-12-34)35(2)29(37)22-8-7-19(13-25(22)38-3)23-15-31-16-24(33-23)26-14-20(17-39-26)32-28(36)27(30)18-5-4-6-18/h7-8,13-18,21,27H,4-6,9-12,30H2,1-3H3,(H,32,36). The molecule has 3 aromatic rings. The number of nitrogens with one attached hydrogen (secondary N) is 1. The number of thiophene rings is 1. The number of anilines is 1. The van der Waals surface area contributed by atoms with Crippen molar-refractivity contribution in [3.63, 3.8) is 0 Å². The predicted octanol–water partition coefficient (Wildman–Crippen LogP) is 4.11. The molecule has 3 heterocycles. The lowest BCUT2D eigenvalue weighted by molar-refractivity contribution is -0.119. The highest BCUT2D eigenvalue weighted by Gasteiger charge is 2.30. The zero-order chi connectivity index (χ0) is 27.5. The third-order valence-corrected chi connectivity index (χ3v) is 8.95. The molecule has 1 saturated heterocycles. The van der Waals surface area contributed by atoms with E-state index in [2.05, 4.69) is 22.2 Å². The van der Waals surface area contributed by atoms with Crippen molar-refractivity contribution >= 4 is 28.8 Å². The smallest absolute Gasteiger partial charge is 0.257 e. The van der Waals surface area contributed by atoms with E-state index in [0.717, 1.165) is 55.6 Å². The Morgan fingerprint density at radius 2 is 1.90 bits per heavy atom. The van der Waals surface area contributed by atoms with Gasteiger partial charge in [0.1, 0.15) is 5.75 Å². The fraction of sp³-hybridized carbons (Fsp3) is 0.448. The number of likely N-dealkylation sites (tertiary alicyclic amines) is 1. The van der Waals surface area contributed by atoms with Gasteiger partial charge in [-0.05, 0) is 69.9 Å². The molecule has 5 rings (SSSR count). The molecule has 1 aliphatic carbocycles. The van der Waals surface area contributed by atoms with Crippen molar-refractivity contribution in [1.82, 2.24) is 19.8 Å². The fourth-order valence-electron chi connectivity index (χ4n) is 5.16. The number of nitrogens with two attached hydrogens (primary N) is 1. The molecule has 1 aromatic carbocycles. The Kier molecular flexibility index (Phi) is 8.25. The molecule has 2 aromatic heterocycles. The van der Waals surface area contributed by atoms with Gasteiger partial charge in [-0.25, -0.2) is 4.98 Å². The molecular formula is C29H36N6O3S. The highest BCUT2D eigenvalue weighted by Crippen LogP contribution is 2.33. The van der Waals surface area contributed by atoms with Gasteiger partial charge in [0.25, 0.3) is 5.91 Å². The van der Waals surface area contributed by atoms with Gasteiger partial charge in [-0.3, -0.25) is 14.6 Å². The summed E-state index contributed by atoms with van der Waals surface area (Å²) in [5.74, 6) is 0.595. The Morgan fingerprint density at radius 3 is 2.59 bits per heavy atom. The van der Waals surface area contributed by atoms with Crippen molar-refractivity contribution in [2.45, 2.75) is 44.2 Å². The zero-order valence-electron chi connectivity index (χ0n) is 22.7. The average molecular weight is 549 g/mol. The molecule has 39 heavy (non-hydrogen) atoms. The van der Waals surface area contributed by atoms with Crippen molar-refractivity contribution in [3.8, 4) is 27.6 Å². The van der Waals surface area contributed by atoms with Crippen LogP contribution in [0.3, 0.4) is 0 Å². The second-order valence-corrected chi connectivity index (χ2v) is 11.5. The molecule has 1 unspecified atom stereocenters. The fourth-order valence-corrected chi connectivity index (χ4v) is 5.96. The maximum absolute atomic E-state index is 13.3. The second-order valence-electron chi connectivity index (χ2n) is 10.6. The summed E-state index contributed by atoms with van der Waals surface area (Å²) in [7, 11) is 5.56. The lowest BCUT2D eigenvalue weighted by Gasteiger charge is -2.35. The Balaban J connectivity index is 1.31. The van der Waals surface area contributed by atoms with Gasteiger partial charge in [-0.2, -0.15) is 0 Å². The summed E-state index contributed by atoms with van der Waals surface area (Å²) >= 11 is 1.48. The van der Waals surface area contributed by atoms with Gasteiger partial charge in [-0.1, -0.05) is 12.5 Å². The minimum atomic E-state index is -0.473. The van der Waals surface area contributed by atoms with Crippen LogP contribution in [0.5, 0.6) is 5.75 Å². The van der Waals surface area contributed by atoms with E-state index in [1.807, 2.05) is 35.5 Å². The number of aromatic nitrogens is 2. The predicted molar refractivity (Wildman–Crippen MR) is 154 cm³/mol. The van der Waals surface area contributed by atoms with Crippen LogP contribution in [-0.4, -0.2) is 78.0 Å². The number of carbonyl (C=O) groups excluding carboxylic acids is 2. The summed E-state index contributed by atoms with van der Waals surface area (Å²) in [5.41, 5.74) is 9.52. The summed E-state index contributed by atoms with van der Waals surface area (Å²) in [6, 6.07) is 7.17. The summed E-state index contributed by atoms with van der Waals surface area (Å²) in [6.07, 6.45) is 8.49. The first-order chi connectivity index (χ1) is 18.8. The highest BCUT2D eigenvalue weighted by molar-refractivity contribution is 7.14. The lowest BCUT2D eigenvalue weighted by Crippen LogP contribution is -2.44. The van der Waals surface area contributed by atoms with Crippen LogP contribution in [0.1, 0.15) is 42.5 Å². The normalized spacial score (nSPS) is 17.3. The molecule has 0 radical (unpaired) electrons. The van der Waals surface area contributed by atoms with Crippen LogP contribution in [0.4, 0.5) is 5.69 Å². The van der Waals surface area contributed by atoms with Crippen LogP contribution in [0, 0.1) is 5.92 Å². The molecule has 206 valence electrons. The monoisotopic (exact) mass is 548 g/mol. The molecule has 2 fully saturated rings. The number of methoxy groups -OCH3 is 1. The van der Waals surface area contributed by atoms with Gasteiger partial charge >= 0.3 is 0 Å². The Bertz CT molecular complexity index is 1330. The molecule has 9 nitrogen and oxygen atoms in total. The van der Waals surface area contributed by atoms with E-state index in [4.69, 9.17) is 15.5 Å². The summed E-state index contributed by atoms with van der Waals surface area (Å²) in [4.78, 5) is 40.1. The number of hydrogen-bond donors (Lipinski definition) is 2. The number of amides is 2. The molecular weight excluding hydrogens is 512 g/mol. The Labute approximate surface area is 233 Å². The molecule has 10 heteroatoms. The first-order valence-corrected chi connectivity index (χ1v) is 14.3. The van der Waals surface area contributed by atoms with Crippen molar-refractivity contribution in [2.24, 2.45) is 11.7 Å². The number of rotatable bonds is 8. The number of carbonyl (C=O) groups is 2. The van der Waals surface area contributed by atoms with Crippen LogP contribution in [0.2, 0.25) is 0 Å². The zero-order valence-corrected chi connectivity index (χ0v) is 23.5. The van der Waals surface area contributed by atoms with Crippen LogP contribution in [0.25, 0.3) is 21.8 Å². The maximum atomic E-state index is 13.3. The Morgan fingerprint density at radius 1 is 1.15 bits per heavy atom. The van der Waals surface area contributed by atoms with Crippen molar-refractivity contribution in [1.29, 1.82) is 0 Å². The van der Waals surface area contributed by atoms with E-state index >= 15 is 0 Å². The topological polar surface area (TPSA) is 114 Å². The van der Waals surface area contributed by atoms with E-state index in [1.165, 1.54) is 11.3 Å². The van der Waals surface area contributed by atoms with Gasteiger partial charge in [0.05, 0.1) is 53.1 Å². The number of benzene rings is 1. The van der Waals surface area contributed by atoms with Gasteiger partial charge in [0.2, 0.25) is 5.91 Å². The number of ether oxygens (including phenoxy) is 1. The Hall–Kier alpha value is -3.34. The molecule has 2 amide bonds. The lowest BCUT2D eigenvalue weighted by atomic mass is 9.80.